The van der Waals surface area contributed by atoms with Crippen LogP contribution in [0.3, 0.4) is 0 Å². The van der Waals surface area contributed by atoms with Gasteiger partial charge in [0.05, 0.1) is 30.9 Å². The Morgan fingerprint density at radius 1 is 1.45 bits per heavy atom. The highest BCUT2D eigenvalue weighted by Crippen LogP contribution is 2.30. The van der Waals surface area contributed by atoms with Crippen LogP contribution in [0, 0.1) is 5.92 Å². The lowest BCUT2D eigenvalue weighted by atomic mass is 10.0. The van der Waals surface area contributed by atoms with E-state index >= 15 is 0 Å². The Kier molecular flexibility index (Phi) is 5.15. The molecule has 1 aromatic rings. The number of piperidine rings is 1. The molecule has 1 atom stereocenters. The number of nitrogens with one attached hydrogen (secondary N) is 1. The molecule has 3 rings (SSSR count). The van der Waals surface area contributed by atoms with Gasteiger partial charge in [0.1, 0.15) is 5.75 Å². The van der Waals surface area contributed by atoms with E-state index in [1.807, 2.05) is 0 Å². The van der Waals surface area contributed by atoms with Gasteiger partial charge in [-0.05, 0) is 25.0 Å². The normalized spacial score (nSPS) is 22.5. The van der Waals surface area contributed by atoms with Gasteiger partial charge in [-0.1, -0.05) is 6.07 Å². The lowest BCUT2D eigenvalue weighted by molar-refractivity contribution is -0.669. The topological polar surface area (TPSA) is 110 Å². The predicted molar refractivity (Wildman–Crippen MR) is 86.8 cm³/mol. The smallest absolute Gasteiger partial charge is 0.344 e. The molecule has 22 heavy (non-hydrogen) atoms. The van der Waals surface area contributed by atoms with Crippen LogP contribution in [-0.4, -0.2) is 33.9 Å². The second kappa shape index (κ2) is 6.72. The maximum atomic E-state index is 11.5. The van der Waals surface area contributed by atoms with Gasteiger partial charge in [0.2, 0.25) is 0 Å². The van der Waals surface area contributed by atoms with Crippen molar-refractivity contribution in [3.8, 4) is 5.75 Å². The number of fused-ring (bicyclic) bond motifs is 1. The first-order valence-corrected chi connectivity index (χ1v) is 8.45. The summed E-state index contributed by atoms with van der Waals surface area (Å²) in [6.07, 6.45) is 2.35. The molecule has 0 saturated carbocycles. The monoisotopic (exact) mass is 347 g/mol. The number of anilines is 1. The molecule has 7 nitrogen and oxygen atoms in total. The minimum absolute atomic E-state index is 0. The molecule has 0 bridgehead atoms. The van der Waals surface area contributed by atoms with Gasteiger partial charge in [0.15, 0.2) is 5.84 Å². The van der Waals surface area contributed by atoms with Crippen LogP contribution in [0.2, 0.25) is 0 Å². The fraction of sp³-hybridized carbons (Fsp3) is 0.462. The lowest BCUT2D eigenvalue weighted by Gasteiger charge is -2.23. The van der Waals surface area contributed by atoms with Crippen molar-refractivity contribution in [2.24, 2.45) is 16.0 Å². The number of rotatable bonds is 3. The quantitative estimate of drug-likeness (QED) is 0.705. The van der Waals surface area contributed by atoms with Gasteiger partial charge in [0.25, 0.3) is 0 Å². The molecule has 5 N–H and O–H groups in total. The molecule has 0 radical (unpaired) electrons. The number of benzene rings is 1. The summed E-state index contributed by atoms with van der Waals surface area (Å²) in [5.74, 6) is 1.05. The van der Waals surface area contributed by atoms with Gasteiger partial charge in [-0.2, -0.15) is 8.42 Å². The van der Waals surface area contributed by atoms with Gasteiger partial charge in [-0.3, -0.25) is 4.72 Å². The van der Waals surface area contributed by atoms with Gasteiger partial charge in [0, 0.05) is 5.92 Å². The first kappa shape index (κ1) is 16.9. The Labute approximate surface area is 135 Å². The minimum Gasteiger partial charge on any atom is -0.492 e. The molecule has 0 amide bonds. The van der Waals surface area contributed by atoms with Gasteiger partial charge >= 0.3 is 10.2 Å². The average Bonchev–Trinajstić information content (AvgIpc) is 2.44. The Balaban J connectivity index is 0.00000176. The van der Waals surface area contributed by atoms with Crippen LogP contribution in [0.15, 0.2) is 22.6 Å². The molecular formula is C13H20ClN4O3S+. The van der Waals surface area contributed by atoms with E-state index < -0.39 is 10.2 Å². The molecule has 1 saturated heterocycles. The van der Waals surface area contributed by atoms with Crippen LogP contribution in [0.5, 0.6) is 5.75 Å². The lowest BCUT2D eigenvalue weighted by Crippen LogP contribution is -2.87. The van der Waals surface area contributed by atoms with Gasteiger partial charge in [-0.25, -0.2) is 0 Å². The highest BCUT2D eigenvalue weighted by Gasteiger charge is 2.25. The Hall–Kier alpha value is -1.51. The summed E-state index contributed by atoms with van der Waals surface area (Å²) in [6, 6.07) is 5.17. The van der Waals surface area contributed by atoms with Crippen molar-refractivity contribution in [2.75, 3.05) is 24.4 Å². The molecule has 122 valence electrons. The fourth-order valence-electron chi connectivity index (χ4n) is 2.72. The summed E-state index contributed by atoms with van der Waals surface area (Å²) in [5, 5.41) is 2.29. The molecule has 1 fully saturated rings. The zero-order valence-corrected chi connectivity index (χ0v) is 13.6. The summed E-state index contributed by atoms with van der Waals surface area (Å²) < 4.78 is 34.7. The summed E-state index contributed by atoms with van der Waals surface area (Å²) in [4.78, 5) is 0. The molecule has 2 heterocycles. The van der Waals surface area contributed by atoms with Gasteiger partial charge < -0.3 is 15.8 Å². The molecule has 0 spiro atoms. The number of ether oxygens (including phenoxy) is 1. The highest BCUT2D eigenvalue weighted by atomic mass is 35.5. The van der Waals surface area contributed by atoms with E-state index in [0.29, 0.717) is 29.5 Å². The average molecular weight is 348 g/mol. The number of nitrogens with two attached hydrogens (primary N) is 2. The number of hydrogen-bond acceptors (Lipinski definition) is 4. The third-order valence-corrected chi connectivity index (χ3v) is 4.65. The molecule has 2 aliphatic rings. The van der Waals surface area contributed by atoms with Crippen LogP contribution in [0.1, 0.15) is 18.4 Å². The second-order valence-electron chi connectivity index (χ2n) is 5.36. The molecule has 0 aliphatic carbocycles. The van der Waals surface area contributed by atoms with E-state index in [9.17, 15) is 8.42 Å². The zero-order valence-electron chi connectivity index (χ0n) is 12.0. The maximum absolute atomic E-state index is 11.5. The summed E-state index contributed by atoms with van der Waals surface area (Å²) in [6.45, 7) is 2.84. The van der Waals surface area contributed by atoms with E-state index in [1.165, 1.54) is 13.0 Å². The second-order valence-corrected chi connectivity index (χ2v) is 6.70. The van der Waals surface area contributed by atoms with E-state index in [0.717, 1.165) is 13.0 Å². The van der Waals surface area contributed by atoms with E-state index in [2.05, 4.69) is 14.4 Å². The minimum atomic E-state index is -3.75. The molecule has 0 unspecified atom stereocenters. The van der Waals surface area contributed by atoms with Crippen molar-refractivity contribution in [3.63, 3.8) is 0 Å². The van der Waals surface area contributed by atoms with Crippen LogP contribution in [0.4, 0.5) is 5.69 Å². The molecule has 2 aliphatic heterocycles. The number of amidine groups is 1. The Morgan fingerprint density at radius 3 is 3.00 bits per heavy atom. The van der Waals surface area contributed by atoms with Crippen molar-refractivity contribution in [1.29, 1.82) is 0 Å². The molecule has 1 aromatic carbocycles. The van der Waals surface area contributed by atoms with Crippen LogP contribution < -0.4 is 20.5 Å². The number of hydrogen-bond donors (Lipinski definition) is 3. The standard InChI is InChI=1S/C13H18N4O3S.ClH/c14-13-12-10(16-21(18,19)17-13)4-1-5-11(12)20-8-9-3-2-6-15-7-9;/h1,4-5,9,15-16H,2-3,6-8H2,(H2,14,17);1H/p+1/t9-;/m0./s1. The van der Waals surface area contributed by atoms with E-state index in [-0.39, 0.29) is 18.2 Å². The summed E-state index contributed by atoms with van der Waals surface area (Å²) >= 11 is 0. The van der Waals surface area contributed by atoms with Crippen LogP contribution in [-0.2, 0) is 10.2 Å². The first-order chi connectivity index (χ1) is 10.1. The SMILES string of the molecule is Cl.NC1=NS(=O)(=O)Nc2cccc(OC[C@H]3CCC[NH2+]C3)c21. The maximum Gasteiger partial charge on any atom is 0.344 e. The number of quaternary nitrogens is 1. The third kappa shape index (κ3) is 3.63. The fourth-order valence-corrected chi connectivity index (χ4v) is 3.56. The van der Waals surface area contributed by atoms with Crippen molar-refractivity contribution < 1.29 is 18.5 Å². The first-order valence-electron chi connectivity index (χ1n) is 7.01. The zero-order chi connectivity index (χ0) is 14.9. The van der Waals surface area contributed by atoms with Crippen molar-refractivity contribution in [1.82, 2.24) is 0 Å². The van der Waals surface area contributed by atoms with Crippen molar-refractivity contribution in [3.05, 3.63) is 23.8 Å². The predicted octanol–water partition coefficient (Wildman–Crippen LogP) is -0.164. The van der Waals surface area contributed by atoms with Gasteiger partial charge in [-0.15, -0.1) is 16.8 Å². The summed E-state index contributed by atoms with van der Waals surface area (Å²) in [5.41, 5.74) is 6.71. The molecular weight excluding hydrogens is 328 g/mol. The number of halogens is 1. The van der Waals surface area contributed by atoms with E-state index in [1.54, 1.807) is 18.2 Å². The van der Waals surface area contributed by atoms with Crippen molar-refractivity contribution >= 4 is 34.1 Å². The van der Waals surface area contributed by atoms with Crippen molar-refractivity contribution in [2.45, 2.75) is 12.8 Å². The Morgan fingerprint density at radius 2 is 2.27 bits per heavy atom. The number of nitrogens with zero attached hydrogens (tertiary/aromatic N) is 1. The Bertz CT molecular complexity index is 672. The summed E-state index contributed by atoms with van der Waals surface area (Å²) in [7, 11) is -3.75. The largest absolute Gasteiger partial charge is 0.492 e. The van der Waals surface area contributed by atoms with E-state index in [4.69, 9.17) is 10.5 Å². The third-order valence-electron chi connectivity index (χ3n) is 3.73. The van der Waals surface area contributed by atoms with Crippen LogP contribution >= 0.6 is 12.4 Å². The highest BCUT2D eigenvalue weighted by molar-refractivity contribution is 7.91. The molecule has 9 heteroatoms. The molecule has 0 aromatic heterocycles. The van der Waals surface area contributed by atoms with Crippen LogP contribution in [0.25, 0.3) is 0 Å².